The minimum absolute atomic E-state index is 1.14. The molecule has 2 nitrogen and oxygen atoms in total. The molecule has 0 heterocycles. The number of hydrogen-bond donors (Lipinski definition) is 0. The van der Waals surface area contributed by atoms with E-state index in [1.165, 1.54) is 157 Å². The Bertz CT molecular complexity index is 2440. The Morgan fingerprint density at radius 1 is 0.221 bits per heavy atom. The topological polar surface area (TPSA) is 6.48 Å². The van der Waals surface area contributed by atoms with Gasteiger partial charge in [-0.05, 0) is 286 Å². The molecule has 0 spiro atoms. The van der Waals surface area contributed by atoms with Gasteiger partial charge >= 0.3 is 0 Å². The summed E-state index contributed by atoms with van der Waals surface area (Å²) in [6.07, 6.45) is 2.39. The lowest BCUT2D eigenvalue weighted by Gasteiger charge is -2.34. The average molecular weight is 1040 g/mol. The second kappa shape index (κ2) is 34.8. The zero-order chi connectivity index (χ0) is 59.8. The minimum atomic E-state index is 1.14. The van der Waals surface area contributed by atoms with Crippen LogP contribution in [0.3, 0.4) is 0 Å². The van der Waals surface area contributed by atoms with E-state index in [9.17, 15) is 0 Å². The maximum absolute atomic E-state index is 2.51. The largest absolute Gasteiger partial charge is 0.309 e. The van der Waals surface area contributed by atoms with Crippen LogP contribution < -0.4 is 9.80 Å². The third-order valence-corrected chi connectivity index (χ3v) is 16.0. The summed E-state index contributed by atoms with van der Waals surface area (Å²) in [5, 5.41) is 0. The van der Waals surface area contributed by atoms with E-state index in [2.05, 4.69) is 254 Å². The lowest BCUT2D eigenvalue weighted by Crippen LogP contribution is -2.18. The minimum Gasteiger partial charge on any atom is -0.309 e. The molecule has 7 aromatic carbocycles. The van der Waals surface area contributed by atoms with Crippen molar-refractivity contribution >= 4 is 34.1 Å². The van der Waals surface area contributed by atoms with Gasteiger partial charge in [-0.25, -0.2) is 0 Å². The fourth-order valence-electron chi connectivity index (χ4n) is 9.87. The van der Waals surface area contributed by atoms with E-state index < -0.39 is 0 Å². The molecule has 2 heteroatoms. The Morgan fingerprint density at radius 3 is 0.506 bits per heavy atom. The maximum Gasteiger partial charge on any atom is 0.0525 e. The molecule has 0 radical (unpaired) electrons. The number of hydrogen-bond acceptors (Lipinski definition) is 2. The lowest BCUT2D eigenvalue weighted by molar-refractivity contribution is 1.09. The van der Waals surface area contributed by atoms with Crippen molar-refractivity contribution in [3.63, 3.8) is 0 Å². The van der Waals surface area contributed by atoms with Crippen LogP contribution in [-0.2, 0) is 6.42 Å². The number of anilines is 6. The first-order chi connectivity index (χ1) is 36.5. The first-order valence-corrected chi connectivity index (χ1v) is 29.5. The fourth-order valence-corrected chi connectivity index (χ4v) is 9.87. The summed E-state index contributed by atoms with van der Waals surface area (Å²) >= 11 is 0. The van der Waals surface area contributed by atoms with Crippen LogP contribution in [0.1, 0.15) is 199 Å². The Kier molecular flexibility index (Phi) is 32.2. The molecule has 0 aromatic heterocycles. The van der Waals surface area contributed by atoms with E-state index in [1.807, 2.05) is 61.5 Å². The normalized spacial score (nSPS) is 9.86. The van der Waals surface area contributed by atoms with Gasteiger partial charge in [-0.1, -0.05) is 149 Å². The van der Waals surface area contributed by atoms with Gasteiger partial charge in [0.15, 0.2) is 0 Å². The summed E-state index contributed by atoms with van der Waals surface area (Å²) in [5.41, 5.74) is 36.8. The summed E-state index contributed by atoms with van der Waals surface area (Å²) in [6, 6.07) is 32.1. The SMILES string of the molecule is CC.CC.CC.CC.CCC.CCc1ccccc1.Cc1c(C)c(C)c(N(c2ccccc2)c2c(C)c(C)c(C)c(C)c2C)c(C)c1C.Cc1c(C)c(C)c(N(c2ccccc2)c2c(C)c(C)c(C)c(C)c2C)c(C)c1C. The van der Waals surface area contributed by atoms with E-state index in [4.69, 9.17) is 0 Å². The predicted molar refractivity (Wildman–Crippen MR) is 354 cm³/mol. The molecule has 7 rings (SSSR count). The Labute approximate surface area is 476 Å². The van der Waals surface area contributed by atoms with Crippen molar-refractivity contribution in [2.75, 3.05) is 9.80 Å². The molecular weight excluding hydrogens is 929 g/mol. The number of nitrogens with zero attached hydrogens (tertiary/aromatic N) is 2. The molecule has 422 valence electrons. The van der Waals surface area contributed by atoms with E-state index >= 15 is 0 Å². The molecule has 0 atom stereocenters. The molecular formula is C75H112N2. The summed E-state index contributed by atoms with van der Waals surface area (Å²) in [4.78, 5) is 5.02. The third kappa shape index (κ3) is 16.6. The molecule has 0 aliphatic carbocycles. The van der Waals surface area contributed by atoms with Gasteiger partial charge in [-0.3, -0.25) is 0 Å². The zero-order valence-corrected chi connectivity index (χ0v) is 55.5. The highest BCUT2D eigenvalue weighted by molar-refractivity contribution is 5.88. The Morgan fingerprint density at radius 2 is 0.364 bits per heavy atom. The maximum atomic E-state index is 2.51. The highest BCUT2D eigenvalue weighted by atomic mass is 15.2. The van der Waals surface area contributed by atoms with Crippen LogP contribution in [0, 0.1) is 138 Å². The molecule has 77 heavy (non-hydrogen) atoms. The van der Waals surface area contributed by atoms with Crippen LogP contribution in [0.25, 0.3) is 0 Å². The van der Waals surface area contributed by atoms with E-state index in [-0.39, 0.29) is 0 Å². The summed E-state index contributed by atoms with van der Waals surface area (Å²) < 4.78 is 0. The van der Waals surface area contributed by atoms with Gasteiger partial charge in [-0.15, -0.1) is 0 Å². The van der Waals surface area contributed by atoms with Crippen molar-refractivity contribution in [2.24, 2.45) is 0 Å². The zero-order valence-electron chi connectivity index (χ0n) is 55.5. The van der Waals surface area contributed by atoms with Gasteiger partial charge in [0.2, 0.25) is 0 Å². The molecule has 0 aliphatic rings. The first-order valence-electron chi connectivity index (χ1n) is 29.5. The van der Waals surface area contributed by atoms with Crippen molar-refractivity contribution in [3.05, 3.63) is 208 Å². The number of benzene rings is 7. The van der Waals surface area contributed by atoms with Crippen LogP contribution in [0.15, 0.2) is 91.0 Å². The van der Waals surface area contributed by atoms with Gasteiger partial charge in [0.05, 0.1) is 22.7 Å². The van der Waals surface area contributed by atoms with Crippen molar-refractivity contribution in [1.82, 2.24) is 0 Å². The molecule has 0 N–H and O–H groups in total. The van der Waals surface area contributed by atoms with Crippen LogP contribution in [-0.4, -0.2) is 0 Å². The molecule has 0 fully saturated rings. The average Bonchev–Trinajstić information content (AvgIpc) is 3.47. The highest BCUT2D eigenvalue weighted by Gasteiger charge is 2.27. The van der Waals surface area contributed by atoms with E-state index in [1.54, 1.807) is 0 Å². The van der Waals surface area contributed by atoms with Crippen LogP contribution in [0.4, 0.5) is 34.1 Å². The molecule has 0 saturated heterocycles. The van der Waals surface area contributed by atoms with E-state index in [0.717, 1.165) is 6.42 Å². The Balaban J connectivity index is 0.00000113. The van der Waals surface area contributed by atoms with Crippen molar-refractivity contribution < 1.29 is 0 Å². The van der Waals surface area contributed by atoms with Gasteiger partial charge < -0.3 is 9.80 Å². The highest BCUT2D eigenvalue weighted by Crippen LogP contribution is 2.48. The van der Waals surface area contributed by atoms with E-state index in [0.29, 0.717) is 0 Å². The van der Waals surface area contributed by atoms with Gasteiger partial charge in [0.1, 0.15) is 0 Å². The molecule has 0 unspecified atom stereocenters. The summed E-state index contributed by atoms with van der Waals surface area (Å²) in [7, 11) is 0. The molecule has 7 aromatic rings. The number of rotatable bonds is 7. The second-order valence-corrected chi connectivity index (χ2v) is 19.8. The molecule has 0 saturated carbocycles. The Hall–Kier alpha value is -5.86. The van der Waals surface area contributed by atoms with Crippen molar-refractivity contribution in [1.29, 1.82) is 0 Å². The molecule has 0 bridgehead atoms. The summed E-state index contributed by atoms with van der Waals surface area (Å²) in [5.74, 6) is 0. The van der Waals surface area contributed by atoms with Crippen molar-refractivity contribution in [3.8, 4) is 0 Å². The second-order valence-electron chi connectivity index (χ2n) is 19.8. The van der Waals surface area contributed by atoms with Gasteiger partial charge in [0.25, 0.3) is 0 Å². The van der Waals surface area contributed by atoms with Crippen LogP contribution >= 0.6 is 0 Å². The number of aryl methyl sites for hydroxylation is 1. The molecule has 0 aliphatic heterocycles. The number of para-hydroxylation sites is 2. The predicted octanol–water partition coefficient (Wildman–Crippen LogP) is 24.3. The van der Waals surface area contributed by atoms with Crippen molar-refractivity contribution in [2.45, 2.75) is 227 Å². The quantitative estimate of drug-likeness (QED) is 0.157. The monoisotopic (exact) mass is 1040 g/mol. The third-order valence-electron chi connectivity index (χ3n) is 16.0. The van der Waals surface area contributed by atoms with Gasteiger partial charge in [-0.2, -0.15) is 0 Å². The van der Waals surface area contributed by atoms with Crippen LogP contribution in [0.5, 0.6) is 0 Å². The molecule has 0 amide bonds. The van der Waals surface area contributed by atoms with Gasteiger partial charge in [0, 0.05) is 11.4 Å². The summed E-state index contributed by atoms with van der Waals surface area (Å²) in [6.45, 7) is 67.7. The standard InChI is InChI=1S/2C28H35N.C8H10.C3H8.4C2H6/c2*1-16-18(3)22(7)27(23(8)19(16)4)29(26-14-12-11-13-15-26)28-24(9)20(5)17(2)21(6)25(28)10;1-2-8-6-4-3-5-7-8;1-3-2;4*1-2/h2*11-15H,1-10H3;3-7H,2H2,1H3;3H2,1-2H3;4*1-2H3. The lowest BCUT2D eigenvalue weighted by atomic mass is 9.89. The first kappa shape index (κ1) is 71.1. The fraction of sp³-hybridized carbons (Fsp3) is 0.440. The van der Waals surface area contributed by atoms with Crippen LogP contribution in [0.2, 0.25) is 0 Å². The smallest absolute Gasteiger partial charge is 0.0525 e.